The summed E-state index contributed by atoms with van der Waals surface area (Å²) in [5.74, 6) is 0. The number of halogens is 3. The quantitative estimate of drug-likeness (QED) is 0.148. The average Bonchev–Trinajstić information content (AvgIpc) is 3.70. The minimum absolute atomic E-state index is 0.205. The molecule has 2 aliphatic carbocycles. The Morgan fingerprint density at radius 3 is 1.28 bits per heavy atom. The molecule has 11 rings (SSSR count). The first kappa shape index (κ1) is 39.5. The van der Waals surface area contributed by atoms with Crippen LogP contribution in [0.1, 0.15) is 55.5 Å². The lowest BCUT2D eigenvalue weighted by Crippen LogP contribution is -2.20. The Morgan fingerprint density at radius 2 is 0.750 bits per heavy atom. The van der Waals surface area contributed by atoms with Crippen molar-refractivity contribution in [3.05, 3.63) is 228 Å². The second-order valence-corrected chi connectivity index (χ2v) is 18.1. The SMILES string of the molecule is CC1(C)C2=C(c3ccc(-c4ccc5c(ccc6cc(N(c7ccccc7)c7ccc(C(F)(F)F)cc7)ccc65)c4)cc31)C(C)(C)c1cc(N(c3ccccc3)c3ccccc3)ccc12. The smallest absolute Gasteiger partial charge is 0.310 e. The van der Waals surface area contributed by atoms with Crippen LogP contribution in [0, 0.1) is 0 Å². The Bertz CT molecular complexity index is 3250. The maximum atomic E-state index is 13.5. The predicted molar refractivity (Wildman–Crippen MR) is 261 cm³/mol. The topological polar surface area (TPSA) is 6.48 Å². The van der Waals surface area contributed by atoms with Crippen molar-refractivity contribution in [2.45, 2.75) is 44.7 Å². The van der Waals surface area contributed by atoms with E-state index >= 15 is 0 Å². The highest BCUT2D eigenvalue weighted by Crippen LogP contribution is 2.63. The second-order valence-electron chi connectivity index (χ2n) is 18.1. The van der Waals surface area contributed by atoms with Gasteiger partial charge in [-0.05, 0) is 163 Å². The molecular weight excluding hydrogens is 794 g/mol. The second kappa shape index (κ2) is 14.6. The summed E-state index contributed by atoms with van der Waals surface area (Å²) in [6.45, 7) is 9.54. The van der Waals surface area contributed by atoms with Gasteiger partial charge in [0.25, 0.3) is 0 Å². The molecule has 0 unspecified atom stereocenters. The molecule has 0 aromatic heterocycles. The van der Waals surface area contributed by atoms with Gasteiger partial charge in [-0.25, -0.2) is 0 Å². The number of anilines is 6. The van der Waals surface area contributed by atoms with E-state index in [9.17, 15) is 13.2 Å². The third-order valence-electron chi connectivity index (χ3n) is 13.6. The number of allylic oxidation sites excluding steroid dienone is 2. The molecule has 0 amide bonds. The minimum atomic E-state index is -4.40. The van der Waals surface area contributed by atoms with Gasteiger partial charge in [0.2, 0.25) is 0 Å². The van der Waals surface area contributed by atoms with E-state index in [1.807, 2.05) is 35.2 Å². The van der Waals surface area contributed by atoms with Gasteiger partial charge in [-0.1, -0.05) is 131 Å². The molecule has 0 bridgehead atoms. The van der Waals surface area contributed by atoms with E-state index in [1.165, 1.54) is 51.1 Å². The summed E-state index contributed by atoms with van der Waals surface area (Å²) in [5, 5.41) is 4.45. The van der Waals surface area contributed by atoms with Gasteiger partial charge in [0.1, 0.15) is 0 Å². The van der Waals surface area contributed by atoms with Gasteiger partial charge in [0.15, 0.2) is 0 Å². The van der Waals surface area contributed by atoms with Crippen molar-refractivity contribution in [1.29, 1.82) is 0 Å². The Balaban J connectivity index is 0.922. The van der Waals surface area contributed by atoms with Crippen LogP contribution in [-0.2, 0) is 17.0 Å². The van der Waals surface area contributed by atoms with Crippen molar-refractivity contribution in [3.63, 3.8) is 0 Å². The van der Waals surface area contributed by atoms with E-state index in [1.54, 1.807) is 0 Å². The van der Waals surface area contributed by atoms with Gasteiger partial charge in [-0.2, -0.15) is 13.2 Å². The third kappa shape index (κ3) is 6.32. The van der Waals surface area contributed by atoms with Crippen LogP contribution in [0.25, 0.3) is 43.8 Å². The maximum Gasteiger partial charge on any atom is 0.416 e. The zero-order valence-corrected chi connectivity index (χ0v) is 36.1. The number of fused-ring (bicyclic) bond motifs is 7. The highest BCUT2D eigenvalue weighted by Gasteiger charge is 2.50. The normalized spacial score (nSPS) is 14.7. The summed E-state index contributed by atoms with van der Waals surface area (Å²) in [5.41, 5.74) is 15.3. The average molecular weight is 839 g/mol. The highest BCUT2D eigenvalue weighted by molar-refractivity contribution is 6.11. The largest absolute Gasteiger partial charge is 0.416 e. The molecule has 0 saturated carbocycles. The van der Waals surface area contributed by atoms with Crippen LogP contribution >= 0.6 is 0 Å². The number of alkyl halides is 3. The van der Waals surface area contributed by atoms with Gasteiger partial charge >= 0.3 is 6.18 Å². The van der Waals surface area contributed by atoms with Gasteiger partial charge < -0.3 is 9.80 Å². The van der Waals surface area contributed by atoms with Crippen LogP contribution in [0.4, 0.5) is 47.3 Å². The fourth-order valence-electron chi connectivity index (χ4n) is 10.5. The van der Waals surface area contributed by atoms with Crippen LogP contribution in [-0.4, -0.2) is 0 Å². The van der Waals surface area contributed by atoms with Crippen LogP contribution in [0.3, 0.4) is 0 Å². The molecule has 0 N–H and O–H groups in total. The third-order valence-corrected chi connectivity index (χ3v) is 13.6. The van der Waals surface area contributed by atoms with E-state index in [-0.39, 0.29) is 10.8 Å². The van der Waals surface area contributed by atoms with Crippen molar-refractivity contribution < 1.29 is 13.2 Å². The molecule has 0 radical (unpaired) electrons. The molecule has 2 aliphatic rings. The van der Waals surface area contributed by atoms with Crippen molar-refractivity contribution >= 4 is 66.8 Å². The molecule has 64 heavy (non-hydrogen) atoms. The predicted octanol–water partition coefficient (Wildman–Crippen LogP) is 17.1. The van der Waals surface area contributed by atoms with Crippen LogP contribution in [0.2, 0.25) is 0 Å². The Morgan fingerprint density at radius 1 is 0.359 bits per heavy atom. The molecule has 2 nitrogen and oxygen atoms in total. The molecule has 5 heteroatoms. The summed E-state index contributed by atoms with van der Waals surface area (Å²) < 4.78 is 40.4. The van der Waals surface area contributed by atoms with Crippen molar-refractivity contribution in [2.24, 2.45) is 0 Å². The first-order valence-electron chi connectivity index (χ1n) is 21.8. The van der Waals surface area contributed by atoms with Gasteiger partial charge in [0, 0.05) is 45.0 Å². The molecule has 0 spiro atoms. The number of hydrogen-bond acceptors (Lipinski definition) is 2. The molecule has 312 valence electrons. The van der Waals surface area contributed by atoms with Gasteiger partial charge in [-0.3, -0.25) is 0 Å². The van der Waals surface area contributed by atoms with E-state index in [0.29, 0.717) is 5.69 Å². The van der Waals surface area contributed by atoms with E-state index in [2.05, 4.69) is 178 Å². The molecule has 9 aromatic rings. The van der Waals surface area contributed by atoms with E-state index < -0.39 is 11.7 Å². The lowest BCUT2D eigenvalue weighted by atomic mass is 9.75. The Labute approximate surface area is 372 Å². The van der Waals surface area contributed by atoms with Crippen molar-refractivity contribution in [2.75, 3.05) is 9.80 Å². The molecule has 0 atom stereocenters. The number of nitrogens with zero attached hydrogens (tertiary/aromatic N) is 2. The molecule has 0 fully saturated rings. The Hall–Kier alpha value is -7.37. The summed E-state index contributed by atoms with van der Waals surface area (Å²) in [6.07, 6.45) is -4.40. The molecule has 9 aromatic carbocycles. The fraction of sp³-hybridized carbons (Fsp3) is 0.119. The van der Waals surface area contributed by atoms with Gasteiger partial charge in [-0.15, -0.1) is 0 Å². The minimum Gasteiger partial charge on any atom is -0.310 e. The summed E-state index contributed by atoms with van der Waals surface area (Å²) in [6, 6.07) is 67.8. The van der Waals surface area contributed by atoms with Crippen molar-refractivity contribution in [1.82, 2.24) is 0 Å². The lowest BCUT2D eigenvalue weighted by Gasteiger charge is -2.31. The standard InChI is InChI=1S/C59H45F3N2/c1-57(2)53-36-39(23-31-51(53)55-56(57)52-33-29-48(37-54(52)58(55,3)4)63(43-14-8-5-9-15-43)44-16-10-6-11-17-44)38-22-30-49-40(34-38)20-21-41-35-47(28-32-50(41)49)64(45-18-12-7-13-19-45)46-26-24-42(25-27-46)59(60,61)62/h5-37H,1-4H3. The molecule has 0 saturated heterocycles. The molecular formula is C59H45F3N2. The fourth-order valence-corrected chi connectivity index (χ4v) is 10.5. The Kier molecular flexibility index (Phi) is 9.01. The van der Waals surface area contributed by atoms with E-state index in [4.69, 9.17) is 0 Å². The summed E-state index contributed by atoms with van der Waals surface area (Å²) in [4.78, 5) is 4.34. The van der Waals surface area contributed by atoms with Crippen LogP contribution < -0.4 is 9.80 Å². The first-order valence-corrected chi connectivity index (χ1v) is 21.8. The number of hydrogen-bond donors (Lipinski definition) is 0. The molecule has 0 aliphatic heterocycles. The van der Waals surface area contributed by atoms with Gasteiger partial charge in [0.05, 0.1) is 5.56 Å². The van der Waals surface area contributed by atoms with Crippen LogP contribution in [0.15, 0.2) is 200 Å². The van der Waals surface area contributed by atoms with Crippen molar-refractivity contribution in [3.8, 4) is 11.1 Å². The first-order chi connectivity index (χ1) is 30.9. The maximum absolute atomic E-state index is 13.5. The molecule has 0 heterocycles. The zero-order chi connectivity index (χ0) is 44.0. The summed E-state index contributed by atoms with van der Waals surface area (Å²) in [7, 11) is 0. The van der Waals surface area contributed by atoms with Crippen LogP contribution in [0.5, 0.6) is 0 Å². The zero-order valence-electron chi connectivity index (χ0n) is 36.1. The van der Waals surface area contributed by atoms with E-state index in [0.717, 1.165) is 67.7 Å². The lowest BCUT2D eigenvalue weighted by molar-refractivity contribution is -0.137. The number of benzene rings is 9. The number of para-hydroxylation sites is 3. The highest BCUT2D eigenvalue weighted by atomic mass is 19.4. The summed E-state index contributed by atoms with van der Waals surface area (Å²) >= 11 is 0. The monoisotopic (exact) mass is 838 g/mol. The number of rotatable bonds is 7.